The number of hydrogen-bond donors (Lipinski definition) is 1. The molecule has 0 saturated carbocycles. The van der Waals surface area contributed by atoms with Crippen molar-refractivity contribution in [3.05, 3.63) is 98.8 Å². The Balaban J connectivity index is 1.60. The maximum absolute atomic E-state index is 15.9. The minimum atomic E-state index is -3.77. The van der Waals surface area contributed by atoms with Crippen LogP contribution in [0.5, 0.6) is 0 Å². The maximum Gasteiger partial charge on any atom is 0.341 e. The van der Waals surface area contributed by atoms with Crippen LogP contribution in [0.25, 0.3) is 22.0 Å². The van der Waals surface area contributed by atoms with E-state index in [1.54, 1.807) is 36.4 Å². The van der Waals surface area contributed by atoms with Crippen molar-refractivity contribution in [3.8, 4) is 11.1 Å². The van der Waals surface area contributed by atoms with E-state index < -0.39 is 38.6 Å². The number of fused-ring (bicyclic) bond motifs is 2. The number of carboxylic acids is 1. The van der Waals surface area contributed by atoms with Gasteiger partial charge in [-0.1, -0.05) is 36.8 Å². The molecular weight excluding hydrogens is 514 g/mol. The molecule has 1 aliphatic heterocycles. The van der Waals surface area contributed by atoms with Gasteiger partial charge in [0, 0.05) is 25.8 Å². The molecule has 0 radical (unpaired) electrons. The molecule has 4 aromatic rings. The Morgan fingerprint density at radius 1 is 1.03 bits per heavy atom. The van der Waals surface area contributed by atoms with E-state index in [0.29, 0.717) is 12.0 Å². The van der Waals surface area contributed by atoms with Crippen LogP contribution in [0.4, 0.5) is 8.78 Å². The van der Waals surface area contributed by atoms with Crippen molar-refractivity contribution in [1.29, 1.82) is 0 Å². The van der Waals surface area contributed by atoms with E-state index in [9.17, 15) is 23.1 Å². The van der Waals surface area contributed by atoms with E-state index in [2.05, 4.69) is 0 Å². The van der Waals surface area contributed by atoms with Gasteiger partial charge in [0.25, 0.3) is 0 Å². The summed E-state index contributed by atoms with van der Waals surface area (Å²) in [6.45, 7) is 4.06. The third-order valence-electron chi connectivity index (χ3n) is 6.80. The maximum atomic E-state index is 15.9. The third kappa shape index (κ3) is 4.19. The van der Waals surface area contributed by atoms with E-state index in [-0.39, 0.29) is 46.6 Å². The quantitative estimate of drug-likeness (QED) is 0.370. The molecule has 0 amide bonds. The van der Waals surface area contributed by atoms with Crippen LogP contribution in [0, 0.1) is 18.6 Å². The van der Waals surface area contributed by atoms with Gasteiger partial charge >= 0.3 is 5.97 Å². The summed E-state index contributed by atoms with van der Waals surface area (Å²) < 4.78 is 60.2. The zero-order valence-corrected chi connectivity index (χ0v) is 21.5. The van der Waals surface area contributed by atoms with Crippen LogP contribution in [-0.2, 0) is 29.7 Å². The average Bonchev–Trinajstić information content (AvgIpc) is 3.30. The standard InChI is InChI=1S/C28H24F2N2O5S/c1-3-10-31-15-22(28(34)35)27(33)21-12-23(29)24(25(30)26(21)31)17-6-7-18-13-32(14-19(18)11-17)38(36,37)20-8-4-16(2)5-9-20/h4-9,11-12,15H,3,10,13-14H2,1-2H3,(H,34,35). The molecule has 2 heterocycles. The van der Waals surface area contributed by atoms with E-state index in [1.165, 1.54) is 14.9 Å². The lowest BCUT2D eigenvalue weighted by molar-refractivity contribution is 0.0694. The van der Waals surface area contributed by atoms with Gasteiger partial charge in [0.1, 0.15) is 11.4 Å². The molecule has 0 saturated heterocycles. The van der Waals surface area contributed by atoms with Gasteiger partial charge < -0.3 is 9.67 Å². The summed E-state index contributed by atoms with van der Waals surface area (Å²) in [5.41, 5.74) is 0.383. The number of sulfonamides is 1. The van der Waals surface area contributed by atoms with Gasteiger partial charge in [0.2, 0.25) is 15.5 Å². The molecule has 0 spiro atoms. The first-order valence-electron chi connectivity index (χ1n) is 12.0. The summed E-state index contributed by atoms with van der Waals surface area (Å²) in [6.07, 6.45) is 1.60. The summed E-state index contributed by atoms with van der Waals surface area (Å²) in [5.74, 6) is -3.47. The molecule has 38 heavy (non-hydrogen) atoms. The summed E-state index contributed by atoms with van der Waals surface area (Å²) in [4.78, 5) is 24.4. The third-order valence-corrected chi connectivity index (χ3v) is 8.60. The Hall–Kier alpha value is -3.89. The zero-order valence-electron chi connectivity index (χ0n) is 20.7. The van der Waals surface area contributed by atoms with E-state index in [0.717, 1.165) is 23.4 Å². The van der Waals surface area contributed by atoms with Gasteiger partial charge in [-0.3, -0.25) is 4.79 Å². The second-order valence-corrected chi connectivity index (χ2v) is 11.3. The molecule has 5 rings (SSSR count). The van der Waals surface area contributed by atoms with E-state index in [1.807, 2.05) is 13.8 Å². The molecule has 0 atom stereocenters. The van der Waals surface area contributed by atoms with Crippen LogP contribution in [-0.4, -0.2) is 28.4 Å². The first kappa shape index (κ1) is 25.7. The summed E-state index contributed by atoms with van der Waals surface area (Å²) in [7, 11) is -3.77. The lowest BCUT2D eigenvalue weighted by Crippen LogP contribution is -2.25. The predicted molar refractivity (Wildman–Crippen MR) is 138 cm³/mol. The molecule has 1 aliphatic rings. The van der Waals surface area contributed by atoms with Crippen molar-refractivity contribution in [3.63, 3.8) is 0 Å². The monoisotopic (exact) mass is 538 g/mol. The van der Waals surface area contributed by atoms with Gasteiger partial charge in [0.05, 0.1) is 21.4 Å². The number of carboxylic acid groups (broad SMARTS) is 1. The van der Waals surface area contributed by atoms with Crippen LogP contribution in [0.1, 0.15) is 40.4 Å². The number of rotatable bonds is 6. The molecule has 0 fully saturated rings. The van der Waals surface area contributed by atoms with Gasteiger partial charge in [-0.15, -0.1) is 0 Å². The Morgan fingerprint density at radius 2 is 1.71 bits per heavy atom. The summed E-state index contributed by atoms with van der Waals surface area (Å²) in [6, 6.07) is 12.1. The molecule has 0 bridgehead atoms. The number of benzene rings is 3. The smallest absolute Gasteiger partial charge is 0.341 e. The average molecular weight is 539 g/mol. The SMILES string of the molecule is CCCn1cc(C(=O)O)c(=O)c2cc(F)c(-c3ccc4c(c3)CN(S(=O)(=O)c3ccc(C)cc3)C4)c(F)c21. The van der Waals surface area contributed by atoms with E-state index >= 15 is 8.78 Å². The van der Waals surface area contributed by atoms with Crippen molar-refractivity contribution in [2.24, 2.45) is 0 Å². The lowest BCUT2D eigenvalue weighted by Gasteiger charge is -2.16. The van der Waals surface area contributed by atoms with Crippen LogP contribution in [0.2, 0.25) is 0 Å². The van der Waals surface area contributed by atoms with Gasteiger partial charge in [-0.25, -0.2) is 22.0 Å². The number of aromatic nitrogens is 1. The van der Waals surface area contributed by atoms with Crippen LogP contribution in [0.3, 0.4) is 0 Å². The highest BCUT2D eigenvalue weighted by Gasteiger charge is 2.31. The molecule has 1 N–H and O–H groups in total. The lowest BCUT2D eigenvalue weighted by atomic mass is 9.97. The van der Waals surface area contributed by atoms with Gasteiger partial charge in [0.15, 0.2) is 5.82 Å². The Bertz CT molecular complexity index is 1780. The second-order valence-electron chi connectivity index (χ2n) is 9.38. The van der Waals surface area contributed by atoms with Gasteiger partial charge in [-0.2, -0.15) is 4.31 Å². The van der Waals surface area contributed by atoms with Gasteiger partial charge in [-0.05, 0) is 54.3 Å². The molecule has 196 valence electrons. The first-order valence-corrected chi connectivity index (χ1v) is 13.4. The number of aryl methyl sites for hydroxylation is 2. The molecule has 7 nitrogen and oxygen atoms in total. The minimum Gasteiger partial charge on any atom is -0.477 e. The highest BCUT2D eigenvalue weighted by molar-refractivity contribution is 7.89. The topological polar surface area (TPSA) is 96.7 Å². The fourth-order valence-electron chi connectivity index (χ4n) is 4.87. The number of nitrogens with zero attached hydrogens (tertiary/aromatic N) is 2. The summed E-state index contributed by atoms with van der Waals surface area (Å²) in [5, 5.41) is 9.04. The van der Waals surface area contributed by atoms with Crippen molar-refractivity contribution < 1.29 is 27.1 Å². The Kier molecular flexibility index (Phi) is 6.40. The number of pyridine rings is 1. The molecule has 0 unspecified atom stereocenters. The zero-order chi connectivity index (χ0) is 27.4. The van der Waals surface area contributed by atoms with Crippen molar-refractivity contribution in [1.82, 2.24) is 8.87 Å². The summed E-state index contributed by atoms with van der Waals surface area (Å²) >= 11 is 0. The predicted octanol–water partition coefficient (Wildman–Crippen LogP) is 5.07. The first-order chi connectivity index (χ1) is 18.0. The van der Waals surface area contributed by atoms with Crippen molar-refractivity contribution >= 4 is 26.9 Å². The molecular formula is C28H24F2N2O5S. The highest BCUT2D eigenvalue weighted by atomic mass is 32.2. The van der Waals surface area contributed by atoms with Crippen LogP contribution >= 0.6 is 0 Å². The van der Waals surface area contributed by atoms with Crippen molar-refractivity contribution in [2.75, 3.05) is 0 Å². The molecule has 0 aliphatic carbocycles. The molecule has 10 heteroatoms. The number of hydrogen-bond acceptors (Lipinski definition) is 4. The molecule has 3 aromatic carbocycles. The molecule has 1 aromatic heterocycles. The Morgan fingerprint density at radius 3 is 2.37 bits per heavy atom. The largest absolute Gasteiger partial charge is 0.477 e. The normalized spacial score (nSPS) is 13.7. The fourth-order valence-corrected chi connectivity index (χ4v) is 6.27. The van der Waals surface area contributed by atoms with E-state index in [4.69, 9.17) is 0 Å². The Labute approximate surface area is 217 Å². The minimum absolute atomic E-state index is 0.0404. The van der Waals surface area contributed by atoms with Crippen LogP contribution < -0.4 is 5.43 Å². The fraction of sp³-hybridized carbons (Fsp3) is 0.214. The second kappa shape index (κ2) is 9.45. The van der Waals surface area contributed by atoms with Crippen LogP contribution in [0.15, 0.2) is 64.4 Å². The number of aromatic carboxylic acids is 1. The number of halogens is 2. The number of carbonyl (C=O) groups is 1. The highest BCUT2D eigenvalue weighted by Crippen LogP contribution is 2.36. The van der Waals surface area contributed by atoms with Crippen molar-refractivity contribution in [2.45, 2.75) is 44.8 Å².